The van der Waals surface area contributed by atoms with Crippen LogP contribution in [0.25, 0.3) is 0 Å². The number of nitrogens with zero attached hydrogens (tertiary/aromatic N) is 2. The molecule has 0 spiro atoms. The third-order valence-corrected chi connectivity index (χ3v) is 4.95. The van der Waals surface area contributed by atoms with E-state index in [-0.39, 0.29) is 5.82 Å². The molecule has 1 N–H and O–H groups in total. The Morgan fingerprint density at radius 3 is 2.64 bits per heavy atom. The number of aliphatic hydroxyl groups is 1. The zero-order valence-electron chi connectivity index (χ0n) is 13.5. The van der Waals surface area contributed by atoms with Crippen molar-refractivity contribution >= 4 is 0 Å². The lowest BCUT2D eigenvalue weighted by atomic mass is 9.92. The van der Waals surface area contributed by atoms with Gasteiger partial charge in [-0.1, -0.05) is 17.7 Å². The topological polar surface area (TPSA) is 26.7 Å². The van der Waals surface area contributed by atoms with Crippen molar-refractivity contribution in [2.24, 2.45) is 0 Å². The summed E-state index contributed by atoms with van der Waals surface area (Å²) < 4.78 is 13.9. The molecule has 2 heterocycles. The highest BCUT2D eigenvalue weighted by molar-refractivity contribution is 5.24. The van der Waals surface area contributed by atoms with E-state index in [1.54, 1.807) is 12.1 Å². The van der Waals surface area contributed by atoms with E-state index in [0.717, 1.165) is 50.1 Å². The van der Waals surface area contributed by atoms with Gasteiger partial charge < -0.3 is 10.0 Å². The van der Waals surface area contributed by atoms with Crippen molar-refractivity contribution in [2.75, 3.05) is 32.7 Å². The predicted octanol–water partition coefficient (Wildman–Crippen LogP) is 2.56. The molecule has 1 atom stereocenters. The molecule has 1 aromatic rings. The number of β-amino-alcohol motifs (C(OH)–C–C–N with tert-alkyl or cyclic N) is 1. The van der Waals surface area contributed by atoms with Crippen molar-refractivity contribution in [3.8, 4) is 0 Å². The molecule has 4 heteroatoms. The lowest BCUT2D eigenvalue weighted by Gasteiger charge is -2.41. The van der Waals surface area contributed by atoms with Crippen LogP contribution in [0.4, 0.5) is 4.39 Å². The molecule has 0 unspecified atom stereocenters. The average Bonchev–Trinajstić information content (AvgIpc) is 2.95. The quantitative estimate of drug-likeness (QED) is 0.926. The van der Waals surface area contributed by atoms with E-state index in [1.807, 2.05) is 13.0 Å². The van der Waals surface area contributed by atoms with Gasteiger partial charge >= 0.3 is 0 Å². The predicted molar refractivity (Wildman–Crippen MR) is 86.3 cm³/mol. The van der Waals surface area contributed by atoms with E-state index in [4.69, 9.17) is 0 Å². The molecule has 0 aliphatic carbocycles. The number of aryl methyl sites for hydroxylation is 1. The first-order valence-corrected chi connectivity index (χ1v) is 8.46. The highest BCUT2D eigenvalue weighted by Crippen LogP contribution is 2.25. The van der Waals surface area contributed by atoms with Crippen LogP contribution in [-0.4, -0.2) is 53.2 Å². The normalized spacial score (nSPS) is 27.4. The smallest absolute Gasteiger partial charge is 0.127 e. The van der Waals surface area contributed by atoms with Gasteiger partial charge in [-0.2, -0.15) is 0 Å². The fraction of sp³-hybridized carbons (Fsp3) is 0.667. The number of piperidine rings is 1. The summed E-state index contributed by atoms with van der Waals surface area (Å²) in [7, 11) is 0. The maximum Gasteiger partial charge on any atom is 0.127 e. The van der Waals surface area contributed by atoms with Gasteiger partial charge in [0, 0.05) is 25.2 Å². The molecule has 2 fully saturated rings. The molecule has 1 aromatic carbocycles. The summed E-state index contributed by atoms with van der Waals surface area (Å²) in [4.78, 5) is 4.58. The Labute approximate surface area is 132 Å². The minimum atomic E-state index is -0.636. The van der Waals surface area contributed by atoms with Gasteiger partial charge in [-0.15, -0.1) is 0 Å². The van der Waals surface area contributed by atoms with Crippen LogP contribution in [0.15, 0.2) is 18.2 Å². The molecule has 0 aromatic heterocycles. The van der Waals surface area contributed by atoms with Crippen LogP contribution in [0.3, 0.4) is 0 Å². The Morgan fingerprint density at radius 1 is 1.14 bits per heavy atom. The number of benzene rings is 1. The molecular weight excluding hydrogens is 279 g/mol. The van der Waals surface area contributed by atoms with E-state index < -0.39 is 5.60 Å². The van der Waals surface area contributed by atoms with E-state index >= 15 is 0 Å². The molecule has 2 aliphatic rings. The molecule has 0 bridgehead atoms. The number of likely N-dealkylation sites (tertiary alicyclic amines) is 2. The Balaban J connectivity index is 1.63. The van der Waals surface area contributed by atoms with Crippen LogP contribution < -0.4 is 0 Å². The third kappa shape index (κ3) is 3.86. The Hall–Kier alpha value is -0.970. The Kier molecular flexibility index (Phi) is 4.81. The number of hydrogen-bond acceptors (Lipinski definition) is 3. The largest absolute Gasteiger partial charge is 0.387 e. The third-order valence-electron chi connectivity index (χ3n) is 4.95. The molecule has 0 amide bonds. The van der Waals surface area contributed by atoms with Crippen molar-refractivity contribution in [1.29, 1.82) is 0 Å². The molecule has 122 valence electrons. The van der Waals surface area contributed by atoms with Crippen LogP contribution in [0.1, 0.15) is 36.8 Å². The van der Waals surface area contributed by atoms with Gasteiger partial charge in [-0.25, -0.2) is 4.39 Å². The summed E-state index contributed by atoms with van der Waals surface area (Å²) in [6, 6.07) is 5.27. The minimum absolute atomic E-state index is 0.140. The summed E-state index contributed by atoms with van der Waals surface area (Å²) in [5.41, 5.74) is 1.19. The zero-order chi connectivity index (χ0) is 15.6. The van der Waals surface area contributed by atoms with Gasteiger partial charge in [0.2, 0.25) is 0 Å². The number of halogens is 1. The van der Waals surface area contributed by atoms with Crippen molar-refractivity contribution < 1.29 is 9.50 Å². The lowest BCUT2D eigenvalue weighted by molar-refractivity contribution is -0.0521. The summed E-state index contributed by atoms with van der Waals surface area (Å²) in [5, 5.41) is 10.9. The molecule has 3 rings (SSSR count). The van der Waals surface area contributed by atoms with Crippen LogP contribution in [0.5, 0.6) is 0 Å². The fourth-order valence-corrected chi connectivity index (χ4v) is 3.89. The molecular formula is C18H27FN2O. The standard InChI is InChI=1S/C18H27FN2O/c1-15-5-6-17(19)16(11-15)12-21-10-4-7-18(22,14-21)13-20-8-2-3-9-20/h5-6,11,22H,2-4,7-10,12-14H2,1H3/t18-/m0/s1. The van der Waals surface area contributed by atoms with E-state index in [0.29, 0.717) is 13.1 Å². The second-order valence-corrected chi connectivity index (χ2v) is 7.12. The fourth-order valence-electron chi connectivity index (χ4n) is 3.89. The number of rotatable bonds is 4. The highest BCUT2D eigenvalue weighted by atomic mass is 19.1. The highest BCUT2D eigenvalue weighted by Gasteiger charge is 2.35. The second-order valence-electron chi connectivity index (χ2n) is 7.12. The summed E-state index contributed by atoms with van der Waals surface area (Å²) in [5.74, 6) is -0.140. The maximum atomic E-state index is 13.9. The summed E-state index contributed by atoms with van der Waals surface area (Å²) >= 11 is 0. The second kappa shape index (κ2) is 6.65. The molecule has 3 nitrogen and oxygen atoms in total. The van der Waals surface area contributed by atoms with Crippen molar-refractivity contribution in [2.45, 2.75) is 44.8 Å². The van der Waals surface area contributed by atoms with E-state index in [2.05, 4.69) is 9.80 Å². The van der Waals surface area contributed by atoms with E-state index in [1.165, 1.54) is 12.8 Å². The van der Waals surface area contributed by atoms with Gasteiger partial charge in [-0.05, 0) is 58.3 Å². The van der Waals surface area contributed by atoms with Gasteiger partial charge in [0.15, 0.2) is 0 Å². The van der Waals surface area contributed by atoms with E-state index in [9.17, 15) is 9.50 Å². The zero-order valence-corrected chi connectivity index (χ0v) is 13.5. The average molecular weight is 306 g/mol. The van der Waals surface area contributed by atoms with Crippen molar-refractivity contribution in [3.63, 3.8) is 0 Å². The monoisotopic (exact) mass is 306 g/mol. The molecule has 0 saturated carbocycles. The van der Waals surface area contributed by atoms with Gasteiger partial charge in [0.25, 0.3) is 0 Å². The van der Waals surface area contributed by atoms with Crippen LogP contribution >= 0.6 is 0 Å². The lowest BCUT2D eigenvalue weighted by Crippen LogP contribution is -2.53. The SMILES string of the molecule is Cc1ccc(F)c(CN2CCC[C@](O)(CN3CCCC3)C2)c1. The van der Waals surface area contributed by atoms with Crippen LogP contribution in [-0.2, 0) is 6.54 Å². The minimum Gasteiger partial charge on any atom is -0.387 e. The van der Waals surface area contributed by atoms with Gasteiger partial charge in [-0.3, -0.25) is 4.90 Å². The van der Waals surface area contributed by atoms with Gasteiger partial charge in [0.05, 0.1) is 5.60 Å². The first kappa shape index (κ1) is 15.9. The van der Waals surface area contributed by atoms with Crippen LogP contribution in [0, 0.1) is 12.7 Å². The first-order valence-electron chi connectivity index (χ1n) is 8.46. The molecule has 2 aliphatic heterocycles. The first-order chi connectivity index (χ1) is 10.5. The Bertz CT molecular complexity index is 516. The van der Waals surface area contributed by atoms with Gasteiger partial charge in [0.1, 0.15) is 5.82 Å². The van der Waals surface area contributed by atoms with Crippen molar-refractivity contribution in [1.82, 2.24) is 9.80 Å². The molecule has 0 radical (unpaired) electrons. The number of hydrogen-bond donors (Lipinski definition) is 1. The van der Waals surface area contributed by atoms with Crippen LogP contribution in [0.2, 0.25) is 0 Å². The molecule has 22 heavy (non-hydrogen) atoms. The molecule has 2 saturated heterocycles. The van der Waals surface area contributed by atoms with Crippen molar-refractivity contribution in [3.05, 3.63) is 35.1 Å². The summed E-state index contributed by atoms with van der Waals surface area (Å²) in [6.45, 7) is 7.15. The Morgan fingerprint density at radius 2 is 1.86 bits per heavy atom. The maximum absolute atomic E-state index is 13.9. The summed E-state index contributed by atoms with van der Waals surface area (Å²) in [6.07, 6.45) is 4.33.